The summed E-state index contributed by atoms with van der Waals surface area (Å²) in [5.74, 6) is -0.445. The fourth-order valence-corrected chi connectivity index (χ4v) is 6.99. The lowest BCUT2D eigenvalue weighted by molar-refractivity contribution is -0.124. The number of amides is 1. The third-order valence-electron chi connectivity index (χ3n) is 9.42. The molecule has 0 radical (unpaired) electrons. The summed E-state index contributed by atoms with van der Waals surface area (Å²) in [6, 6.07) is -0.975. The summed E-state index contributed by atoms with van der Waals surface area (Å²) in [6.07, 6.45) is 35.9. The molecule has 50 heavy (non-hydrogen) atoms. The Kier molecular flexibility index (Phi) is 36.0. The van der Waals surface area contributed by atoms with Crippen LogP contribution in [0.3, 0.4) is 0 Å². The standard InChI is InChI=1S/C40H81N2O7P/c1-3-5-7-9-11-13-15-16-17-18-19-20-21-22-23-25-27-29-31-37(43)35-40(45)42-38(36-49-50(46,47)48-34-33-41)39(44)32-30-28-26-24-14-12-10-8-6-4-2/h30,32,37-39,43-44H,3-29,31,33-36,41H2,1-2H3,(H,42,45)(H,46,47)/b32-30+. The molecule has 0 aromatic heterocycles. The average molecular weight is 733 g/mol. The van der Waals surface area contributed by atoms with Crippen LogP contribution in [0.5, 0.6) is 0 Å². The molecule has 0 spiro atoms. The van der Waals surface area contributed by atoms with Crippen molar-refractivity contribution in [1.29, 1.82) is 0 Å². The van der Waals surface area contributed by atoms with Crippen LogP contribution in [0.25, 0.3) is 0 Å². The first-order valence-electron chi connectivity index (χ1n) is 20.9. The first-order chi connectivity index (χ1) is 24.3. The zero-order valence-electron chi connectivity index (χ0n) is 32.5. The van der Waals surface area contributed by atoms with Gasteiger partial charge in [-0.15, -0.1) is 0 Å². The van der Waals surface area contributed by atoms with Crippen molar-refractivity contribution in [2.24, 2.45) is 5.73 Å². The van der Waals surface area contributed by atoms with Crippen LogP contribution in [0.1, 0.15) is 200 Å². The van der Waals surface area contributed by atoms with E-state index >= 15 is 0 Å². The third-order valence-corrected chi connectivity index (χ3v) is 10.4. The molecule has 4 unspecified atom stereocenters. The predicted molar refractivity (Wildman–Crippen MR) is 209 cm³/mol. The SMILES string of the molecule is CCCCCCCCCC/C=C/C(O)C(COP(=O)(O)OCCN)NC(=O)CC(O)CCCCCCCCCCCCCCCCCCCC. The van der Waals surface area contributed by atoms with Gasteiger partial charge < -0.3 is 26.2 Å². The van der Waals surface area contributed by atoms with E-state index in [-0.39, 0.29) is 19.6 Å². The topological polar surface area (TPSA) is 151 Å². The molecule has 0 aliphatic rings. The number of phosphoric acid groups is 1. The highest BCUT2D eigenvalue weighted by atomic mass is 31.2. The molecule has 10 heteroatoms. The third kappa shape index (κ3) is 34.3. The Hall–Kier alpha value is -0.800. The molecule has 0 aromatic rings. The fourth-order valence-electron chi connectivity index (χ4n) is 6.23. The van der Waals surface area contributed by atoms with Gasteiger partial charge in [0.2, 0.25) is 5.91 Å². The van der Waals surface area contributed by atoms with E-state index in [1.165, 1.54) is 135 Å². The summed E-state index contributed by atoms with van der Waals surface area (Å²) in [6.45, 7) is 3.96. The Morgan fingerprint density at radius 3 is 1.54 bits per heavy atom. The Bertz CT molecular complexity index is 817. The number of unbranched alkanes of at least 4 members (excludes halogenated alkanes) is 25. The van der Waals surface area contributed by atoms with Crippen molar-refractivity contribution in [1.82, 2.24) is 5.32 Å². The summed E-state index contributed by atoms with van der Waals surface area (Å²) in [4.78, 5) is 22.7. The quantitative estimate of drug-likeness (QED) is 0.0238. The zero-order chi connectivity index (χ0) is 37.0. The lowest BCUT2D eigenvalue weighted by Gasteiger charge is -2.24. The summed E-state index contributed by atoms with van der Waals surface area (Å²) in [5.41, 5.74) is 5.35. The second-order valence-corrected chi connectivity index (χ2v) is 15.9. The molecule has 298 valence electrons. The Balaban J connectivity index is 4.23. The van der Waals surface area contributed by atoms with Gasteiger partial charge in [-0.2, -0.15) is 0 Å². The number of allylic oxidation sites excluding steroid dienone is 1. The van der Waals surface area contributed by atoms with E-state index in [2.05, 4.69) is 19.2 Å². The number of rotatable bonds is 39. The second-order valence-electron chi connectivity index (χ2n) is 14.4. The van der Waals surface area contributed by atoms with Gasteiger partial charge in [-0.1, -0.05) is 187 Å². The molecular weight excluding hydrogens is 651 g/mol. The highest BCUT2D eigenvalue weighted by molar-refractivity contribution is 7.47. The number of aliphatic hydroxyl groups is 2. The van der Waals surface area contributed by atoms with Crippen LogP contribution < -0.4 is 11.1 Å². The molecule has 6 N–H and O–H groups in total. The van der Waals surface area contributed by atoms with Crippen molar-refractivity contribution in [3.63, 3.8) is 0 Å². The van der Waals surface area contributed by atoms with Gasteiger partial charge in [0.05, 0.1) is 37.9 Å². The van der Waals surface area contributed by atoms with E-state index in [0.717, 1.165) is 38.5 Å². The molecule has 0 aliphatic heterocycles. The Labute approximate surface area is 307 Å². The highest BCUT2D eigenvalue weighted by Crippen LogP contribution is 2.43. The van der Waals surface area contributed by atoms with Gasteiger partial charge in [0, 0.05) is 6.54 Å². The Morgan fingerprint density at radius 1 is 0.680 bits per heavy atom. The van der Waals surface area contributed by atoms with Gasteiger partial charge >= 0.3 is 7.82 Å². The number of aliphatic hydroxyl groups excluding tert-OH is 2. The molecule has 0 aromatic carbocycles. The first-order valence-corrected chi connectivity index (χ1v) is 22.4. The zero-order valence-corrected chi connectivity index (χ0v) is 33.4. The van der Waals surface area contributed by atoms with Gasteiger partial charge in [-0.05, 0) is 19.3 Å². The average Bonchev–Trinajstić information content (AvgIpc) is 3.09. The van der Waals surface area contributed by atoms with Crippen molar-refractivity contribution in [2.45, 2.75) is 218 Å². The molecule has 9 nitrogen and oxygen atoms in total. The van der Waals surface area contributed by atoms with Gasteiger partial charge in [-0.3, -0.25) is 13.8 Å². The number of nitrogens with one attached hydrogen (secondary N) is 1. The van der Waals surface area contributed by atoms with E-state index in [0.29, 0.717) is 6.42 Å². The van der Waals surface area contributed by atoms with Crippen molar-refractivity contribution in [2.75, 3.05) is 19.8 Å². The molecule has 0 saturated heterocycles. The number of phosphoric ester groups is 1. The number of carbonyl (C=O) groups excluding carboxylic acids is 1. The smallest absolute Gasteiger partial charge is 0.393 e. The Morgan fingerprint density at radius 2 is 1.10 bits per heavy atom. The second kappa shape index (κ2) is 36.6. The van der Waals surface area contributed by atoms with E-state index in [9.17, 15) is 24.5 Å². The molecule has 0 fully saturated rings. The van der Waals surface area contributed by atoms with Crippen LogP contribution in [-0.4, -0.2) is 59.0 Å². The predicted octanol–water partition coefficient (Wildman–Crippen LogP) is 10.2. The van der Waals surface area contributed by atoms with Gasteiger partial charge in [0.1, 0.15) is 0 Å². The van der Waals surface area contributed by atoms with Crippen LogP contribution in [0.2, 0.25) is 0 Å². The first kappa shape index (κ1) is 49.2. The largest absolute Gasteiger partial charge is 0.472 e. The number of hydrogen-bond donors (Lipinski definition) is 5. The summed E-state index contributed by atoms with van der Waals surface area (Å²) in [7, 11) is -4.39. The number of nitrogens with two attached hydrogens (primary N) is 1. The summed E-state index contributed by atoms with van der Waals surface area (Å²) in [5, 5.41) is 24.0. The minimum Gasteiger partial charge on any atom is -0.393 e. The van der Waals surface area contributed by atoms with Crippen LogP contribution in [-0.2, 0) is 18.4 Å². The molecular formula is C40H81N2O7P. The molecule has 4 atom stereocenters. The van der Waals surface area contributed by atoms with Gasteiger partial charge in [0.15, 0.2) is 0 Å². The number of hydrogen-bond acceptors (Lipinski definition) is 7. The molecule has 0 saturated carbocycles. The van der Waals surface area contributed by atoms with Crippen molar-refractivity contribution >= 4 is 13.7 Å². The van der Waals surface area contributed by atoms with E-state index in [1.54, 1.807) is 6.08 Å². The summed E-state index contributed by atoms with van der Waals surface area (Å²) < 4.78 is 22.0. The molecule has 0 bridgehead atoms. The molecule has 0 aliphatic carbocycles. The van der Waals surface area contributed by atoms with Gasteiger partial charge in [-0.25, -0.2) is 4.57 Å². The van der Waals surface area contributed by atoms with Crippen LogP contribution in [0.4, 0.5) is 0 Å². The summed E-state index contributed by atoms with van der Waals surface area (Å²) >= 11 is 0. The van der Waals surface area contributed by atoms with Crippen LogP contribution in [0, 0.1) is 0 Å². The minimum absolute atomic E-state index is 0.0511. The van der Waals surface area contributed by atoms with Crippen LogP contribution >= 0.6 is 7.82 Å². The fraction of sp³-hybridized carbons (Fsp3) is 0.925. The maximum atomic E-state index is 12.8. The molecule has 1 amide bonds. The van der Waals surface area contributed by atoms with E-state index in [1.807, 2.05) is 6.08 Å². The highest BCUT2D eigenvalue weighted by Gasteiger charge is 2.27. The van der Waals surface area contributed by atoms with Crippen molar-refractivity contribution in [3.05, 3.63) is 12.2 Å². The lowest BCUT2D eigenvalue weighted by Crippen LogP contribution is -2.46. The maximum absolute atomic E-state index is 12.8. The maximum Gasteiger partial charge on any atom is 0.472 e. The van der Waals surface area contributed by atoms with Gasteiger partial charge in [0.25, 0.3) is 0 Å². The van der Waals surface area contributed by atoms with Crippen LogP contribution in [0.15, 0.2) is 12.2 Å². The normalized spacial score (nSPS) is 14.9. The molecule has 0 heterocycles. The monoisotopic (exact) mass is 733 g/mol. The molecule has 0 rings (SSSR count). The van der Waals surface area contributed by atoms with Crippen molar-refractivity contribution < 1.29 is 33.5 Å². The minimum atomic E-state index is -4.39. The van der Waals surface area contributed by atoms with Crippen molar-refractivity contribution in [3.8, 4) is 0 Å². The van der Waals surface area contributed by atoms with E-state index < -0.39 is 38.6 Å². The lowest BCUT2D eigenvalue weighted by atomic mass is 10.0. The number of carbonyl (C=O) groups is 1. The van der Waals surface area contributed by atoms with E-state index in [4.69, 9.17) is 14.8 Å².